The highest BCUT2D eigenvalue weighted by atomic mass is 19.1. The third-order valence-electron chi connectivity index (χ3n) is 3.67. The van der Waals surface area contributed by atoms with E-state index in [1.54, 1.807) is 0 Å². The highest BCUT2D eigenvalue weighted by Crippen LogP contribution is 2.32. The molecule has 1 saturated heterocycles. The lowest BCUT2D eigenvalue weighted by Crippen LogP contribution is -2.42. The van der Waals surface area contributed by atoms with Crippen LogP contribution in [-0.4, -0.2) is 26.1 Å². The van der Waals surface area contributed by atoms with E-state index in [2.05, 4.69) is 10.6 Å². The molecule has 0 saturated carbocycles. The van der Waals surface area contributed by atoms with Crippen molar-refractivity contribution in [2.45, 2.75) is 19.8 Å². The number of ether oxygens (including phenoxy) is 1. The summed E-state index contributed by atoms with van der Waals surface area (Å²) in [4.78, 5) is 12.4. The van der Waals surface area contributed by atoms with E-state index in [4.69, 9.17) is 4.74 Å². The summed E-state index contributed by atoms with van der Waals surface area (Å²) in [7, 11) is 1.46. The Balaban J connectivity index is 2.14. The number of halogens is 1. The van der Waals surface area contributed by atoms with Crippen molar-refractivity contribution in [3.8, 4) is 5.75 Å². The van der Waals surface area contributed by atoms with E-state index in [1.165, 1.54) is 25.3 Å². The van der Waals surface area contributed by atoms with Crippen LogP contribution in [0.2, 0.25) is 0 Å². The highest BCUT2D eigenvalue weighted by Gasteiger charge is 2.34. The Hall–Kier alpha value is -1.62. The van der Waals surface area contributed by atoms with Gasteiger partial charge in [-0.2, -0.15) is 0 Å². The molecule has 1 aromatic rings. The number of amides is 1. The van der Waals surface area contributed by atoms with E-state index in [9.17, 15) is 9.18 Å². The van der Waals surface area contributed by atoms with Crippen molar-refractivity contribution in [2.75, 3.05) is 25.5 Å². The zero-order valence-corrected chi connectivity index (χ0v) is 11.3. The number of hydrogen-bond acceptors (Lipinski definition) is 3. The van der Waals surface area contributed by atoms with Gasteiger partial charge in [-0.25, -0.2) is 4.39 Å². The van der Waals surface area contributed by atoms with Crippen molar-refractivity contribution in [3.05, 3.63) is 24.0 Å². The molecular formula is C14H19FN2O2. The largest absolute Gasteiger partial charge is 0.494 e. The molecule has 0 bridgehead atoms. The summed E-state index contributed by atoms with van der Waals surface area (Å²) in [5, 5.41) is 6.07. The number of benzene rings is 1. The maximum Gasteiger partial charge on any atom is 0.230 e. The van der Waals surface area contributed by atoms with Crippen molar-refractivity contribution in [1.82, 2.24) is 5.32 Å². The minimum Gasteiger partial charge on any atom is -0.494 e. The number of methoxy groups -OCH3 is 1. The second kappa shape index (κ2) is 5.57. The van der Waals surface area contributed by atoms with Crippen LogP contribution in [0.15, 0.2) is 18.2 Å². The first-order chi connectivity index (χ1) is 9.05. The lowest BCUT2D eigenvalue weighted by Gasteiger charge is -2.32. The van der Waals surface area contributed by atoms with Crippen molar-refractivity contribution in [3.63, 3.8) is 0 Å². The van der Waals surface area contributed by atoms with Crippen LogP contribution in [0, 0.1) is 11.2 Å². The van der Waals surface area contributed by atoms with Crippen LogP contribution in [0.4, 0.5) is 10.1 Å². The van der Waals surface area contributed by atoms with Gasteiger partial charge in [0.15, 0.2) is 0 Å². The minimum atomic E-state index is -0.386. The zero-order valence-electron chi connectivity index (χ0n) is 11.3. The molecule has 1 aliphatic heterocycles. The molecule has 2 N–H and O–H groups in total. The van der Waals surface area contributed by atoms with Crippen LogP contribution in [0.5, 0.6) is 5.75 Å². The van der Waals surface area contributed by atoms with Gasteiger partial charge in [0.1, 0.15) is 11.6 Å². The average Bonchev–Trinajstić information content (AvgIpc) is 2.41. The van der Waals surface area contributed by atoms with Crippen LogP contribution < -0.4 is 15.4 Å². The third kappa shape index (κ3) is 3.04. The Kier molecular flexibility index (Phi) is 4.04. The first-order valence-electron chi connectivity index (χ1n) is 6.41. The maximum atomic E-state index is 13.1. The number of carbonyl (C=O) groups is 1. The predicted molar refractivity (Wildman–Crippen MR) is 71.8 cm³/mol. The molecule has 1 fully saturated rings. The van der Waals surface area contributed by atoms with E-state index < -0.39 is 0 Å². The standard InChI is InChI=1S/C14H19FN2O2/c1-14(5-7-16-8-6-14)13(18)17-11-4-3-10(15)9-12(11)19-2/h3-4,9,16H,5-8H2,1-2H3,(H,17,18). The van der Waals surface area contributed by atoms with Gasteiger partial charge in [0.05, 0.1) is 12.8 Å². The van der Waals surface area contributed by atoms with E-state index in [0.717, 1.165) is 25.9 Å². The van der Waals surface area contributed by atoms with Crippen molar-refractivity contribution >= 4 is 11.6 Å². The molecule has 1 aliphatic rings. The molecule has 5 heteroatoms. The average molecular weight is 266 g/mol. The van der Waals surface area contributed by atoms with E-state index in [0.29, 0.717) is 11.4 Å². The molecule has 1 aromatic carbocycles. The van der Waals surface area contributed by atoms with Crippen molar-refractivity contribution in [1.29, 1.82) is 0 Å². The molecule has 1 amide bonds. The molecule has 2 rings (SSSR count). The molecule has 19 heavy (non-hydrogen) atoms. The predicted octanol–water partition coefficient (Wildman–Crippen LogP) is 2.16. The molecule has 1 heterocycles. The van der Waals surface area contributed by atoms with Gasteiger partial charge in [0, 0.05) is 11.5 Å². The number of anilines is 1. The monoisotopic (exact) mass is 266 g/mol. The third-order valence-corrected chi connectivity index (χ3v) is 3.67. The van der Waals surface area contributed by atoms with Gasteiger partial charge >= 0.3 is 0 Å². The van der Waals surface area contributed by atoms with Crippen molar-refractivity contribution in [2.24, 2.45) is 5.41 Å². The summed E-state index contributed by atoms with van der Waals surface area (Å²) in [5.41, 5.74) is 0.124. The first-order valence-corrected chi connectivity index (χ1v) is 6.41. The topological polar surface area (TPSA) is 50.4 Å². The van der Waals surface area contributed by atoms with Gasteiger partial charge in [-0.3, -0.25) is 4.79 Å². The minimum absolute atomic E-state index is 0.0427. The Labute approximate surface area is 112 Å². The Morgan fingerprint density at radius 2 is 2.11 bits per heavy atom. The second-order valence-corrected chi connectivity index (χ2v) is 5.11. The van der Waals surface area contributed by atoms with Crippen LogP contribution in [-0.2, 0) is 4.79 Å². The van der Waals surface area contributed by atoms with Crippen LogP contribution in [0.1, 0.15) is 19.8 Å². The molecular weight excluding hydrogens is 247 g/mol. The quantitative estimate of drug-likeness (QED) is 0.881. The fourth-order valence-electron chi connectivity index (χ4n) is 2.25. The SMILES string of the molecule is COc1cc(F)ccc1NC(=O)C1(C)CCNCC1. The zero-order chi connectivity index (χ0) is 13.9. The van der Waals surface area contributed by atoms with Gasteiger partial charge < -0.3 is 15.4 Å². The molecule has 104 valence electrons. The fraction of sp³-hybridized carbons (Fsp3) is 0.500. The summed E-state index contributed by atoms with van der Waals surface area (Å²) >= 11 is 0. The summed E-state index contributed by atoms with van der Waals surface area (Å²) in [5.74, 6) is -0.0901. The van der Waals surface area contributed by atoms with Gasteiger partial charge in [-0.15, -0.1) is 0 Å². The molecule has 0 radical (unpaired) electrons. The lowest BCUT2D eigenvalue weighted by molar-refractivity contribution is -0.126. The summed E-state index contributed by atoms with van der Waals surface area (Å²) in [6, 6.07) is 4.10. The number of carbonyl (C=O) groups excluding carboxylic acids is 1. The number of piperidine rings is 1. The Bertz CT molecular complexity index is 471. The van der Waals surface area contributed by atoms with E-state index in [-0.39, 0.29) is 17.1 Å². The summed E-state index contributed by atoms with van der Waals surface area (Å²) in [6.45, 7) is 3.63. The smallest absolute Gasteiger partial charge is 0.230 e. The summed E-state index contributed by atoms with van der Waals surface area (Å²) < 4.78 is 18.2. The maximum absolute atomic E-state index is 13.1. The second-order valence-electron chi connectivity index (χ2n) is 5.11. The van der Waals surface area contributed by atoms with Crippen molar-refractivity contribution < 1.29 is 13.9 Å². The van der Waals surface area contributed by atoms with Gasteiger partial charge in [0.2, 0.25) is 5.91 Å². The fourth-order valence-corrected chi connectivity index (χ4v) is 2.25. The Morgan fingerprint density at radius 3 is 2.74 bits per heavy atom. The highest BCUT2D eigenvalue weighted by molar-refractivity contribution is 5.96. The molecule has 0 atom stereocenters. The number of hydrogen-bond donors (Lipinski definition) is 2. The Morgan fingerprint density at radius 1 is 1.42 bits per heavy atom. The normalized spacial score (nSPS) is 17.8. The van der Waals surface area contributed by atoms with Gasteiger partial charge in [-0.1, -0.05) is 6.92 Å². The van der Waals surface area contributed by atoms with Gasteiger partial charge in [-0.05, 0) is 38.1 Å². The van der Waals surface area contributed by atoms with E-state index >= 15 is 0 Å². The number of rotatable bonds is 3. The van der Waals surface area contributed by atoms with Gasteiger partial charge in [0.25, 0.3) is 0 Å². The molecule has 0 aromatic heterocycles. The van der Waals surface area contributed by atoms with Crippen LogP contribution in [0.25, 0.3) is 0 Å². The molecule has 0 unspecified atom stereocenters. The first kappa shape index (κ1) is 13.8. The molecule has 4 nitrogen and oxygen atoms in total. The summed E-state index contributed by atoms with van der Waals surface area (Å²) in [6.07, 6.45) is 1.59. The molecule has 0 spiro atoms. The van der Waals surface area contributed by atoms with E-state index in [1.807, 2.05) is 6.92 Å². The van der Waals surface area contributed by atoms with Crippen LogP contribution in [0.3, 0.4) is 0 Å². The lowest BCUT2D eigenvalue weighted by atomic mass is 9.80. The molecule has 0 aliphatic carbocycles. The number of nitrogens with one attached hydrogen (secondary N) is 2. The van der Waals surface area contributed by atoms with Crippen LogP contribution >= 0.6 is 0 Å².